The molecule has 0 aliphatic rings. The summed E-state index contributed by atoms with van der Waals surface area (Å²) in [7, 11) is 0. The number of aromatic nitrogens is 2. The minimum atomic E-state index is -1.02. The van der Waals surface area contributed by atoms with E-state index in [1.807, 2.05) is 0 Å². The van der Waals surface area contributed by atoms with Crippen molar-refractivity contribution in [1.82, 2.24) is 9.97 Å². The van der Waals surface area contributed by atoms with Crippen LogP contribution in [0.2, 0.25) is 0 Å². The fraction of sp³-hybridized carbons (Fsp3) is 0. The van der Waals surface area contributed by atoms with Gasteiger partial charge in [-0.25, -0.2) is 4.98 Å². The average Bonchev–Trinajstić information content (AvgIpc) is 2.05. The van der Waals surface area contributed by atoms with E-state index in [4.69, 9.17) is 5.73 Å². The molecule has 1 aromatic heterocycles. The second-order valence-corrected chi connectivity index (χ2v) is 1.78. The van der Waals surface area contributed by atoms with Crippen LogP contribution in [0.15, 0.2) is 18.6 Å². The van der Waals surface area contributed by atoms with Crippen molar-refractivity contribution >= 4 is 11.7 Å². The van der Waals surface area contributed by atoms with Crippen LogP contribution < -0.4 is 5.73 Å². The number of carbonyl (C=O) groups is 2. The van der Waals surface area contributed by atoms with Crippen molar-refractivity contribution in [3.63, 3.8) is 0 Å². The number of ketones is 1. The smallest absolute Gasteiger partial charge is 0.291 e. The van der Waals surface area contributed by atoms with Gasteiger partial charge in [0.25, 0.3) is 11.7 Å². The van der Waals surface area contributed by atoms with Crippen molar-refractivity contribution in [3.8, 4) is 0 Å². The van der Waals surface area contributed by atoms with Gasteiger partial charge in [-0.1, -0.05) is 0 Å². The zero-order valence-corrected chi connectivity index (χ0v) is 5.52. The third kappa shape index (κ3) is 1.57. The van der Waals surface area contributed by atoms with E-state index in [0.717, 1.165) is 0 Å². The van der Waals surface area contributed by atoms with Crippen molar-refractivity contribution in [2.75, 3.05) is 0 Å². The maximum atomic E-state index is 10.8. The summed E-state index contributed by atoms with van der Waals surface area (Å²) in [4.78, 5) is 28.3. The molecule has 0 radical (unpaired) electrons. The topological polar surface area (TPSA) is 85.9 Å². The fourth-order valence-electron chi connectivity index (χ4n) is 0.543. The van der Waals surface area contributed by atoms with E-state index >= 15 is 0 Å². The minimum absolute atomic E-state index is 0.0278. The van der Waals surface area contributed by atoms with Crippen LogP contribution in [-0.4, -0.2) is 21.7 Å². The van der Waals surface area contributed by atoms with Gasteiger partial charge in [0, 0.05) is 12.4 Å². The van der Waals surface area contributed by atoms with E-state index < -0.39 is 11.7 Å². The zero-order chi connectivity index (χ0) is 8.27. The first kappa shape index (κ1) is 7.33. The van der Waals surface area contributed by atoms with Gasteiger partial charge in [0.2, 0.25) is 0 Å². The van der Waals surface area contributed by atoms with Crippen LogP contribution in [0.25, 0.3) is 0 Å². The van der Waals surface area contributed by atoms with Gasteiger partial charge in [-0.05, 0) is 0 Å². The Morgan fingerprint density at radius 2 is 2.09 bits per heavy atom. The minimum Gasteiger partial charge on any atom is -0.363 e. The van der Waals surface area contributed by atoms with Gasteiger partial charge in [0.1, 0.15) is 5.69 Å². The molecule has 0 saturated heterocycles. The number of nitrogens with zero attached hydrogens (tertiary/aromatic N) is 2. The lowest BCUT2D eigenvalue weighted by Crippen LogP contribution is -2.23. The van der Waals surface area contributed by atoms with Crippen LogP contribution >= 0.6 is 0 Å². The number of rotatable bonds is 2. The fourth-order valence-corrected chi connectivity index (χ4v) is 0.543. The Hall–Kier alpha value is -1.78. The molecule has 0 atom stereocenters. The molecule has 1 aromatic rings. The Morgan fingerprint density at radius 3 is 2.55 bits per heavy atom. The van der Waals surface area contributed by atoms with E-state index in [1.165, 1.54) is 18.6 Å². The van der Waals surface area contributed by atoms with Crippen molar-refractivity contribution in [1.29, 1.82) is 0 Å². The van der Waals surface area contributed by atoms with Crippen molar-refractivity contribution in [2.24, 2.45) is 5.73 Å². The highest BCUT2D eigenvalue weighted by atomic mass is 16.2. The summed E-state index contributed by atoms with van der Waals surface area (Å²) < 4.78 is 0. The number of carbonyl (C=O) groups excluding carboxylic acids is 2. The van der Waals surface area contributed by atoms with Crippen LogP contribution in [-0.2, 0) is 4.79 Å². The van der Waals surface area contributed by atoms with E-state index in [9.17, 15) is 9.59 Å². The van der Waals surface area contributed by atoms with Gasteiger partial charge in [-0.15, -0.1) is 0 Å². The summed E-state index contributed by atoms with van der Waals surface area (Å²) >= 11 is 0. The second kappa shape index (κ2) is 2.87. The lowest BCUT2D eigenvalue weighted by Gasteiger charge is -1.91. The first-order chi connectivity index (χ1) is 5.22. The SMILES string of the molecule is NC(=O)C(=O)c1cnccn1. The number of primary amides is 1. The molecule has 0 aliphatic carbocycles. The van der Waals surface area contributed by atoms with E-state index in [0.29, 0.717) is 0 Å². The van der Waals surface area contributed by atoms with Gasteiger partial charge in [0.15, 0.2) is 0 Å². The molecular formula is C6H5N3O2. The summed E-state index contributed by atoms with van der Waals surface area (Å²) in [6.45, 7) is 0. The largest absolute Gasteiger partial charge is 0.363 e. The Bertz CT molecular complexity index is 283. The van der Waals surface area contributed by atoms with Crippen LogP contribution in [0.4, 0.5) is 0 Å². The third-order valence-electron chi connectivity index (χ3n) is 1.02. The summed E-state index contributed by atoms with van der Waals surface area (Å²) in [5, 5.41) is 0. The summed E-state index contributed by atoms with van der Waals surface area (Å²) in [5.41, 5.74) is 4.68. The van der Waals surface area contributed by atoms with Gasteiger partial charge >= 0.3 is 0 Å². The number of hydrogen-bond acceptors (Lipinski definition) is 4. The summed E-state index contributed by atoms with van der Waals surface area (Å²) in [6.07, 6.45) is 3.90. The zero-order valence-electron chi connectivity index (χ0n) is 5.52. The van der Waals surface area contributed by atoms with Crippen molar-refractivity contribution in [2.45, 2.75) is 0 Å². The van der Waals surface area contributed by atoms with Gasteiger partial charge in [-0.3, -0.25) is 14.6 Å². The highest BCUT2D eigenvalue weighted by Gasteiger charge is 2.12. The quantitative estimate of drug-likeness (QED) is 0.440. The molecule has 56 valence electrons. The molecule has 1 rings (SSSR count). The molecule has 0 bridgehead atoms. The molecule has 0 fully saturated rings. The molecule has 0 aliphatic heterocycles. The standard InChI is InChI=1S/C6H5N3O2/c7-6(11)5(10)4-3-8-1-2-9-4/h1-3H,(H2,7,11). The predicted molar refractivity (Wildman–Crippen MR) is 35.6 cm³/mol. The van der Waals surface area contributed by atoms with Crippen LogP contribution in [0.1, 0.15) is 10.5 Å². The molecule has 2 N–H and O–H groups in total. The Kier molecular flexibility index (Phi) is 1.91. The van der Waals surface area contributed by atoms with E-state index in [2.05, 4.69) is 9.97 Å². The molecule has 1 heterocycles. The molecule has 0 unspecified atom stereocenters. The highest BCUT2D eigenvalue weighted by Crippen LogP contribution is 1.90. The van der Waals surface area contributed by atoms with E-state index in [1.54, 1.807) is 0 Å². The summed E-state index contributed by atoms with van der Waals surface area (Å²) in [6, 6.07) is 0. The number of Topliss-reactive ketones (excluding diaryl/α,β-unsaturated/α-hetero) is 1. The van der Waals surface area contributed by atoms with Gasteiger partial charge in [-0.2, -0.15) is 0 Å². The second-order valence-electron chi connectivity index (χ2n) is 1.78. The predicted octanol–water partition coefficient (Wildman–Crippen LogP) is -0.855. The molecule has 0 aromatic carbocycles. The normalized spacial score (nSPS) is 9.09. The third-order valence-corrected chi connectivity index (χ3v) is 1.02. The molecule has 0 saturated carbocycles. The summed E-state index contributed by atoms with van der Waals surface area (Å²) in [5.74, 6) is -1.84. The molecule has 5 heteroatoms. The monoisotopic (exact) mass is 151 g/mol. The molecule has 1 amide bonds. The first-order valence-corrected chi connectivity index (χ1v) is 2.82. The molecule has 5 nitrogen and oxygen atoms in total. The van der Waals surface area contributed by atoms with Crippen LogP contribution in [0.5, 0.6) is 0 Å². The molecule has 0 spiro atoms. The van der Waals surface area contributed by atoms with Crippen LogP contribution in [0.3, 0.4) is 0 Å². The number of hydrogen-bond donors (Lipinski definition) is 1. The number of amides is 1. The highest BCUT2D eigenvalue weighted by molar-refractivity contribution is 6.41. The van der Waals surface area contributed by atoms with E-state index in [-0.39, 0.29) is 5.69 Å². The Morgan fingerprint density at radius 1 is 1.36 bits per heavy atom. The van der Waals surface area contributed by atoms with Gasteiger partial charge < -0.3 is 5.73 Å². The average molecular weight is 151 g/mol. The number of nitrogens with two attached hydrogens (primary N) is 1. The molecular weight excluding hydrogens is 146 g/mol. The lowest BCUT2D eigenvalue weighted by molar-refractivity contribution is -0.114. The van der Waals surface area contributed by atoms with Crippen LogP contribution in [0, 0.1) is 0 Å². The van der Waals surface area contributed by atoms with Gasteiger partial charge in [0.05, 0.1) is 6.20 Å². The van der Waals surface area contributed by atoms with Crippen molar-refractivity contribution in [3.05, 3.63) is 24.3 Å². The maximum Gasteiger partial charge on any atom is 0.291 e. The lowest BCUT2D eigenvalue weighted by atomic mass is 10.3. The molecule has 11 heavy (non-hydrogen) atoms. The maximum absolute atomic E-state index is 10.8. The Labute approximate surface area is 62.3 Å². The van der Waals surface area contributed by atoms with Crippen molar-refractivity contribution < 1.29 is 9.59 Å². The Balaban J connectivity index is 2.95. The first-order valence-electron chi connectivity index (χ1n) is 2.82.